The quantitative estimate of drug-likeness (QED) is 0.632. The Morgan fingerprint density at radius 2 is 1.68 bits per heavy atom. The topological polar surface area (TPSA) is 58.2 Å². The van der Waals surface area contributed by atoms with E-state index in [1.54, 1.807) is 29.6 Å². The first-order valence-corrected chi connectivity index (χ1v) is 9.10. The Hall–Kier alpha value is -3.13. The van der Waals surface area contributed by atoms with E-state index in [9.17, 15) is 22.8 Å². The smallest absolute Gasteiger partial charge is 0.348 e. The van der Waals surface area contributed by atoms with Gasteiger partial charge in [-0.1, -0.05) is 18.2 Å². The average molecular weight is 404 g/mol. The van der Waals surface area contributed by atoms with Crippen LogP contribution in [0.5, 0.6) is 0 Å². The predicted molar refractivity (Wildman–Crippen MR) is 101 cm³/mol. The average Bonchev–Trinajstić information content (AvgIpc) is 3.21. The third-order valence-corrected chi connectivity index (χ3v) is 4.73. The van der Waals surface area contributed by atoms with Crippen LogP contribution in [0.1, 0.15) is 31.2 Å². The number of carbonyl (C=O) groups is 2. The number of rotatable bonds is 5. The van der Waals surface area contributed by atoms with E-state index in [1.807, 2.05) is 0 Å². The largest absolute Gasteiger partial charge is 0.416 e. The summed E-state index contributed by atoms with van der Waals surface area (Å²) in [6.07, 6.45) is -4.43. The normalized spacial score (nSPS) is 11.1. The lowest BCUT2D eigenvalue weighted by atomic mass is 10.1. The second-order valence-corrected chi connectivity index (χ2v) is 6.84. The highest BCUT2D eigenvalue weighted by Gasteiger charge is 2.30. The van der Waals surface area contributed by atoms with E-state index < -0.39 is 17.6 Å². The zero-order valence-electron chi connectivity index (χ0n) is 14.4. The molecule has 144 valence electrons. The van der Waals surface area contributed by atoms with Gasteiger partial charge in [0.15, 0.2) is 0 Å². The Kier molecular flexibility index (Phi) is 5.79. The standard InChI is InChI=1S/C20H15F3N2O2S/c21-20(22,23)15-4-1-3-13(11-15)12-24-18(26)14-6-8-16(9-7-14)25-19(27)17-5-2-10-28-17/h1-11H,12H2,(H,24,26)(H,25,27). The van der Waals surface area contributed by atoms with Gasteiger partial charge in [-0.15, -0.1) is 11.3 Å². The van der Waals surface area contributed by atoms with Gasteiger partial charge in [0.05, 0.1) is 10.4 Å². The number of carbonyl (C=O) groups excluding carboxylic acids is 2. The number of alkyl halides is 3. The molecule has 0 bridgehead atoms. The summed E-state index contributed by atoms with van der Waals surface area (Å²) >= 11 is 1.32. The first-order valence-electron chi connectivity index (χ1n) is 8.22. The highest BCUT2D eigenvalue weighted by atomic mass is 32.1. The van der Waals surface area contributed by atoms with Crippen LogP contribution in [0.2, 0.25) is 0 Å². The van der Waals surface area contributed by atoms with Gasteiger partial charge in [0.25, 0.3) is 11.8 Å². The summed E-state index contributed by atoms with van der Waals surface area (Å²) in [6, 6.07) is 14.5. The molecule has 1 aromatic heterocycles. The minimum atomic E-state index is -4.43. The van der Waals surface area contributed by atoms with E-state index in [2.05, 4.69) is 10.6 Å². The van der Waals surface area contributed by atoms with Crippen molar-refractivity contribution in [2.45, 2.75) is 12.7 Å². The van der Waals surface area contributed by atoms with Crippen LogP contribution >= 0.6 is 11.3 Å². The summed E-state index contributed by atoms with van der Waals surface area (Å²) < 4.78 is 38.2. The summed E-state index contributed by atoms with van der Waals surface area (Å²) in [4.78, 5) is 24.8. The van der Waals surface area contributed by atoms with Crippen molar-refractivity contribution in [3.8, 4) is 0 Å². The van der Waals surface area contributed by atoms with E-state index in [-0.39, 0.29) is 12.5 Å². The summed E-state index contributed by atoms with van der Waals surface area (Å²) in [6.45, 7) is -0.0282. The molecule has 8 heteroatoms. The van der Waals surface area contributed by atoms with Gasteiger partial charge in [0.1, 0.15) is 0 Å². The molecular formula is C20H15F3N2O2S. The van der Waals surface area contributed by atoms with Crippen LogP contribution < -0.4 is 10.6 Å². The monoisotopic (exact) mass is 404 g/mol. The van der Waals surface area contributed by atoms with Crippen molar-refractivity contribution < 1.29 is 22.8 Å². The Bertz CT molecular complexity index is 968. The van der Waals surface area contributed by atoms with Crippen molar-refractivity contribution in [2.75, 3.05) is 5.32 Å². The van der Waals surface area contributed by atoms with Crippen LogP contribution in [0.3, 0.4) is 0 Å². The summed E-state index contributed by atoms with van der Waals surface area (Å²) in [5, 5.41) is 7.10. The number of thiophene rings is 1. The van der Waals surface area contributed by atoms with Gasteiger partial charge in [-0.25, -0.2) is 0 Å². The molecule has 3 aromatic rings. The Morgan fingerprint density at radius 1 is 0.929 bits per heavy atom. The molecule has 2 aromatic carbocycles. The fraction of sp³-hybridized carbons (Fsp3) is 0.100. The van der Waals surface area contributed by atoms with E-state index in [4.69, 9.17) is 0 Å². The maximum absolute atomic E-state index is 12.7. The predicted octanol–water partition coefficient (Wildman–Crippen LogP) is 4.95. The maximum atomic E-state index is 12.7. The zero-order chi connectivity index (χ0) is 20.1. The third kappa shape index (κ3) is 4.98. The lowest BCUT2D eigenvalue weighted by Gasteiger charge is -2.10. The van der Waals surface area contributed by atoms with Gasteiger partial charge in [0, 0.05) is 17.8 Å². The van der Waals surface area contributed by atoms with Gasteiger partial charge in [0.2, 0.25) is 0 Å². The second-order valence-electron chi connectivity index (χ2n) is 5.89. The summed E-state index contributed by atoms with van der Waals surface area (Å²) in [7, 11) is 0. The van der Waals surface area contributed by atoms with E-state index >= 15 is 0 Å². The van der Waals surface area contributed by atoms with Crippen molar-refractivity contribution in [3.05, 3.63) is 87.6 Å². The number of halogens is 3. The first kappa shape index (κ1) is 19.6. The maximum Gasteiger partial charge on any atom is 0.416 e. The molecule has 0 aliphatic carbocycles. The molecule has 0 spiro atoms. The van der Waals surface area contributed by atoms with E-state index in [0.717, 1.165) is 12.1 Å². The highest BCUT2D eigenvalue weighted by Crippen LogP contribution is 2.29. The lowest BCUT2D eigenvalue weighted by molar-refractivity contribution is -0.137. The second kappa shape index (κ2) is 8.26. The fourth-order valence-electron chi connectivity index (χ4n) is 2.45. The molecule has 3 rings (SSSR count). The number of hydrogen-bond donors (Lipinski definition) is 2. The van der Waals surface area contributed by atoms with Gasteiger partial charge >= 0.3 is 6.18 Å². The lowest BCUT2D eigenvalue weighted by Crippen LogP contribution is -2.23. The van der Waals surface area contributed by atoms with Crippen molar-refractivity contribution >= 4 is 28.8 Å². The first-order chi connectivity index (χ1) is 13.3. The fourth-order valence-corrected chi connectivity index (χ4v) is 3.07. The number of amides is 2. The molecule has 1 heterocycles. The van der Waals surface area contributed by atoms with Crippen LogP contribution in [-0.4, -0.2) is 11.8 Å². The minimum absolute atomic E-state index is 0.0282. The molecule has 2 N–H and O–H groups in total. The Morgan fingerprint density at radius 3 is 2.32 bits per heavy atom. The van der Waals surface area contributed by atoms with Gasteiger partial charge in [-0.2, -0.15) is 13.2 Å². The molecule has 0 aliphatic heterocycles. The van der Waals surface area contributed by atoms with Crippen molar-refractivity contribution in [1.29, 1.82) is 0 Å². The molecule has 4 nitrogen and oxygen atoms in total. The zero-order valence-corrected chi connectivity index (χ0v) is 15.2. The highest BCUT2D eigenvalue weighted by molar-refractivity contribution is 7.12. The molecule has 0 atom stereocenters. The molecule has 0 fully saturated rings. The van der Waals surface area contributed by atoms with Crippen LogP contribution in [0, 0.1) is 0 Å². The van der Waals surface area contributed by atoms with Crippen molar-refractivity contribution in [2.24, 2.45) is 0 Å². The summed E-state index contributed by atoms with van der Waals surface area (Å²) in [5.41, 5.74) is 0.460. The van der Waals surface area contributed by atoms with Crippen molar-refractivity contribution in [3.63, 3.8) is 0 Å². The SMILES string of the molecule is O=C(NCc1cccc(C(F)(F)F)c1)c1ccc(NC(=O)c2cccs2)cc1. The minimum Gasteiger partial charge on any atom is -0.348 e. The molecule has 0 aliphatic rings. The molecule has 2 amide bonds. The third-order valence-electron chi connectivity index (χ3n) is 3.86. The summed E-state index contributed by atoms with van der Waals surface area (Å²) in [5.74, 6) is -0.662. The molecular weight excluding hydrogens is 389 g/mol. The number of benzene rings is 2. The van der Waals surface area contributed by atoms with E-state index in [1.165, 1.54) is 35.6 Å². The molecule has 28 heavy (non-hydrogen) atoms. The molecule has 0 saturated heterocycles. The number of nitrogens with one attached hydrogen (secondary N) is 2. The van der Waals surface area contributed by atoms with Crippen LogP contribution in [0.4, 0.5) is 18.9 Å². The van der Waals surface area contributed by atoms with Gasteiger partial charge in [-0.3, -0.25) is 9.59 Å². The molecule has 0 saturated carbocycles. The van der Waals surface area contributed by atoms with Crippen LogP contribution in [0.15, 0.2) is 66.0 Å². The Balaban J connectivity index is 1.58. The van der Waals surface area contributed by atoms with Crippen molar-refractivity contribution in [1.82, 2.24) is 5.32 Å². The number of hydrogen-bond acceptors (Lipinski definition) is 3. The van der Waals surface area contributed by atoms with Gasteiger partial charge in [-0.05, 0) is 53.4 Å². The molecule has 0 radical (unpaired) electrons. The van der Waals surface area contributed by atoms with Gasteiger partial charge < -0.3 is 10.6 Å². The Labute approximate surface area is 163 Å². The van der Waals surface area contributed by atoms with Crippen LogP contribution in [0.25, 0.3) is 0 Å². The number of anilines is 1. The molecule has 0 unspecified atom stereocenters. The van der Waals surface area contributed by atoms with Crippen LogP contribution in [-0.2, 0) is 12.7 Å². The van der Waals surface area contributed by atoms with E-state index in [0.29, 0.717) is 21.7 Å².